The van der Waals surface area contributed by atoms with Crippen molar-refractivity contribution in [1.82, 2.24) is 0 Å². The minimum atomic E-state index is 0.0237. The Labute approximate surface area is 67.1 Å². The van der Waals surface area contributed by atoms with E-state index in [-0.39, 0.29) is 5.92 Å². The molecule has 0 saturated heterocycles. The van der Waals surface area contributed by atoms with Gasteiger partial charge in [-0.1, -0.05) is 36.8 Å². The van der Waals surface area contributed by atoms with Crippen molar-refractivity contribution < 1.29 is 4.79 Å². The Bertz CT molecular complexity index is 236. The predicted octanol–water partition coefficient (Wildman–Crippen LogP) is 2.30. The summed E-state index contributed by atoms with van der Waals surface area (Å²) in [7, 11) is 0. The standard InChI is InChI=1S/C10H12O/c1-8-3-5-10(6-4-8)9(2)7-11/h3-7,9H,1-2H3/t9-/m1/s1. The lowest BCUT2D eigenvalue weighted by Crippen LogP contribution is -1.93. The average molecular weight is 148 g/mol. The topological polar surface area (TPSA) is 17.1 Å². The third-order valence-electron chi connectivity index (χ3n) is 1.81. The van der Waals surface area contributed by atoms with Gasteiger partial charge in [-0.3, -0.25) is 0 Å². The van der Waals surface area contributed by atoms with Crippen LogP contribution in [0.3, 0.4) is 0 Å². The van der Waals surface area contributed by atoms with Crippen LogP contribution in [0.15, 0.2) is 24.3 Å². The summed E-state index contributed by atoms with van der Waals surface area (Å²) >= 11 is 0. The summed E-state index contributed by atoms with van der Waals surface area (Å²) in [4.78, 5) is 10.4. The third kappa shape index (κ3) is 1.90. The Morgan fingerprint density at radius 3 is 2.27 bits per heavy atom. The van der Waals surface area contributed by atoms with Gasteiger partial charge < -0.3 is 4.79 Å². The van der Waals surface area contributed by atoms with Crippen LogP contribution in [0.5, 0.6) is 0 Å². The van der Waals surface area contributed by atoms with Gasteiger partial charge in [-0.25, -0.2) is 0 Å². The van der Waals surface area contributed by atoms with Crippen molar-refractivity contribution in [2.75, 3.05) is 0 Å². The molecule has 0 amide bonds. The van der Waals surface area contributed by atoms with Crippen molar-refractivity contribution in [1.29, 1.82) is 0 Å². The lowest BCUT2D eigenvalue weighted by molar-refractivity contribution is -0.108. The van der Waals surface area contributed by atoms with E-state index in [0.717, 1.165) is 11.8 Å². The molecule has 1 rings (SSSR count). The Morgan fingerprint density at radius 1 is 1.27 bits per heavy atom. The Kier molecular flexibility index (Phi) is 2.42. The van der Waals surface area contributed by atoms with Crippen LogP contribution in [0.1, 0.15) is 24.0 Å². The molecule has 0 radical (unpaired) electrons. The highest BCUT2D eigenvalue weighted by molar-refractivity contribution is 5.61. The van der Waals surface area contributed by atoms with Crippen molar-refractivity contribution in [2.45, 2.75) is 19.8 Å². The first-order chi connectivity index (χ1) is 5.24. The van der Waals surface area contributed by atoms with Crippen LogP contribution in [-0.4, -0.2) is 6.29 Å². The molecule has 0 aromatic heterocycles. The smallest absolute Gasteiger partial charge is 0.127 e. The van der Waals surface area contributed by atoms with Gasteiger partial charge in [0.05, 0.1) is 0 Å². The molecular formula is C10H12O. The molecular weight excluding hydrogens is 136 g/mol. The molecule has 0 aliphatic carbocycles. The highest BCUT2D eigenvalue weighted by Gasteiger charge is 2.00. The number of hydrogen-bond acceptors (Lipinski definition) is 1. The summed E-state index contributed by atoms with van der Waals surface area (Å²) in [5.74, 6) is 0.0237. The van der Waals surface area contributed by atoms with Gasteiger partial charge >= 0.3 is 0 Å². The molecule has 0 heterocycles. The molecule has 0 bridgehead atoms. The fraction of sp³-hybridized carbons (Fsp3) is 0.300. The quantitative estimate of drug-likeness (QED) is 0.588. The number of benzene rings is 1. The van der Waals surface area contributed by atoms with Crippen LogP contribution in [0, 0.1) is 6.92 Å². The van der Waals surface area contributed by atoms with Crippen LogP contribution in [-0.2, 0) is 4.79 Å². The number of carbonyl (C=O) groups is 1. The van der Waals surface area contributed by atoms with E-state index < -0.39 is 0 Å². The summed E-state index contributed by atoms with van der Waals surface area (Å²) in [6.07, 6.45) is 0.963. The second kappa shape index (κ2) is 3.33. The summed E-state index contributed by atoms with van der Waals surface area (Å²) in [5, 5.41) is 0. The molecule has 1 aromatic rings. The molecule has 1 aromatic carbocycles. The largest absolute Gasteiger partial charge is 0.303 e. The van der Waals surface area contributed by atoms with E-state index in [1.807, 2.05) is 38.1 Å². The van der Waals surface area contributed by atoms with E-state index in [9.17, 15) is 4.79 Å². The van der Waals surface area contributed by atoms with Gasteiger partial charge in [0.25, 0.3) is 0 Å². The fourth-order valence-electron chi connectivity index (χ4n) is 0.949. The minimum Gasteiger partial charge on any atom is -0.303 e. The second-order valence-electron chi connectivity index (χ2n) is 2.84. The van der Waals surface area contributed by atoms with Gasteiger partial charge in [0.15, 0.2) is 0 Å². The number of hydrogen-bond donors (Lipinski definition) is 0. The lowest BCUT2D eigenvalue weighted by Gasteiger charge is -2.02. The first-order valence-corrected chi connectivity index (χ1v) is 3.76. The summed E-state index contributed by atoms with van der Waals surface area (Å²) in [6, 6.07) is 8.04. The van der Waals surface area contributed by atoms with Crippen LogP contribution in [0.4, 0.5) is 0 Å². The molecule has 11 heavy (non-hydrogen) atoms. The van der Waals surface area contributed by atoms with Crippen LogP contribution in [0.25, 0.3) is 0 Å². The van der Waals surface area contributed by atoms with Gasteiger partial charge in [0.2, 0.25) is 0 Å². The number of aryl methyl sites for hydroxylation is 1. The van der Waals surface area contributed by atoms with Gasteiger partial charge in [-0.15, -0.1) is 0 Å². The molecule has 0 fully saturated rings. The van der Waals surface area contributed by atoms with Gasteiger partial charge in [0.1, 0.15) is 6.29 Å². The molecule has 0 saturated carbocycles. The van der Waals surface area contributed by atoms with E-state index in [1.54, 1.807) is 0 Å². The van der Waals surface area contributed by atoms with Crippen molar-refractivity contribution in [2.24, 2.45) is 0 Å². The maximum absolute atomic E-state index is 10.4. The lowest BCUT2D eigenvalue weighted by atomic mass is 10.0. The van der Waals surface area contributed by atoms with Crippen molar-refractivity contribution in [3.8, 4) is 0 Å². The predicted molar refractivity (Wildman–Crippen MR) is 45.7 cm³/mol. The Hall–Kier alpha value is -1.11. The molecule has 58 valence electrons. The van der Waals surface area contributed by atoms with Crippen molar-refractivity contribution in [3.05, 3.63) is 35.4 Å². The molecule has 0 aliphatic rings. The SMILES string of the molecule is Cc1ccc([C@H](C)C=O)cc1. The molecule has 1 atom stereocenters. The minimum absolute atomic E-state index is 0.0237. The third-order valence-corrected chi connectivity index (χ3v) is 1.81. The molecule has 0 N–H and O–H groups in total. The van der Waals surface area contributed by atoms with Gasteiger partial charge in [0, 0.05) is 5.92 Å². The normalized spacial score (nSPS) is 12.5. The second-order valence-corrected chi connectivity index (χ2v) is 2.84. The zero-order valence-corrected chi connectivity index (χ0v) is 6.87. The summed E-state index contributed by atoms with van der Waals surface area (Å²) in [6.45, 7) is 3.94. The molecule has 1 nitrogen and oxygen atoms in total. The average Bonchev–Trinajstić information content (AvgIpc) is 2.05. The van der Waals surface area contributed by atoms with E-state index in [0.29, 0.717) is 0 Å². The van der Waals surface area contributed by atoms with E-state index in [2.05, 4.69) is 0 Å². The zero-order chi connectivity index (χ0) is 8.27. The van der Waals surface area contributed by atoms with E-state index in [4.69, 9.17) is 0 Å². The highest BCUT2D eigenvalue weighted by atomic mass is 16.1. The van der Waals surface area contributed by atoms with Gasteiger partial charge in [-0.2, -0.15) is 0 Å². The number of aldehydes is 1. The summed E-state index contributed by atoms with van der Waals surface area (Å²) < 4.78 is 0. The van der Waals surface area contributed by atoms with Crippen molar-refractivity contribution in [3.63, 3.8) is 0 Å². The first kappa shape index (κ1) is 7.99. The van der Waals surface area contributed by atoms with Gasteiger partial charge in [-0.05, 0) is 12.5 Å². The maximum atomic E-state index is 10.4. The van der Waals surface area contributed by atoms with Crippen LogP contribution >= 0.6 is 0 Å². The van der Waals surface area contributed by atoms with Crippen LogP contribution in [0.2, 0.25) is 0 Å². The number of rotatable bonds is 2. The van der Waals surface area contributed by atoms with Crippen LogP contribution < -0.4 is 0 Å². The Balaban J connectivity index is 2.89. The fourth-order valence-corrected chi connectivity index (χ4v) is 0.949. The van der Waals surface area contributed by atoms with Crippen molar-refractivity contribution >= 4 is 6.29 Å². The van der Waals surface area contributed by atoms with E-state index in [1.165, 1.54) is 5.56 Å². The highest BCUT2D eigenvalue weighted by Crippen LogP contribution is 2.12. The molecule has 0 unspecified atom stereocenters. The monoisotopic (exact) mass is 148 g/mol. The molecule has 0 spiro atoms. The maximum Gasteiger partial charge on any atom is 0.127 e. The number of carbonyl (C=O) groups excluding carboxylic acids is 1. The summed E-state index contributed by atoms with van der Waals surface area (Å²) in [5.41, 5.74) is 2.32. The molecule has 1 heteroatoms. The zero-order valence-electron chi connectivity index (χ0n) is 6.87. The first-order valence-electron chi connectivity index (χ1n) is 3.76. The Morgan fingerprint density at radius 2 is 1.82 bits per heavy atom. The molecule has 0 aliphatic heterocycles. The van der Waals surface area contributed by atoms with E-state index >= 15 is 0 Å².